The lowest BCUT2D eigenvalue weighted by Crippen LogP contribution is -2.30. The molecule has 0 aromatic carbocycles. The van der Waals surface area contributed by atoms with Crippen LogP contribution in [0.4, 0.5) is 0 Å². The summed E-state index contributed by atoms with van der Waals surface area (Å²) in [7, 11) is 0. The number of hydrogen-bond acceptors (Lipinski definition) is 6. The molecule has 1 atom stereocenters. The predicted molar refractivity (Wildman–Crippen MR) is 325 cm³/mol. The number of rotatable bonds is 59. The quantitative estimate of drug-likeness (QED) is 0.0261. The zero-order chi connectivity index (χ0) is 54.3. The highest BCUT2D eigenvalue weighted by Crippen LogP contribution is 2.17. The summed E-state index contributed by atoms with van der Waals surface area (Å²) in [5.74, 6) is -0.877. The van der Waals surface area contributed by atoms with Crippen LogP contribution in [0.5, 0.6) is 0 Å². The van der Waals surface area contributed by atoms with Gasteiger partial charge in [0.1, 0.15) is 13.2 Å². The number of carbonyl (C=O) groups is 3. The Labute approximate surface area is 465 Å². The number of hydrogen-bond donors (Lipinski definition) is 0. The van der Waals surface area contributed by atoms with Crippen LogP contribution in [0.15, 0.2) is 72.9 Å². The van der Waals surface area contributed by atoms with E-state index < -0.39 is 6.10 Å². The van der Waals surface area contributed by atoms with Crippen molar-refractivity contribution in [1.29, 1.82) is 0 Å². The fourth-order valence-corrected chi connectivity index (χ4v) is 9.29. The minimum atomic E-state index is -0.780. The van der Waals surface area contributed by atoms with Crippen molar-refractivity contribution in [2.75, 3.05) is 13.2 Å². The third-order valence-corrected chi connectivity index (χ3v) is 14.2. The molecule has 0 aliphatic heterocycles. The third kappa shape index (κ3) is 61.6. The van der Waals surface area contributed by atoms with Crippen molar-refractivity contribution in [3.8, 4) is 0 Å². The SMILES string of the molecule is CC/C=C\C/C=C\C/C=C\C/C=C\CCCCCCCCCCCCCCC(=O)OCC(COC(=O)CCCCCCC/C=C\CCCC)OC(=O)CCCCCCCCCCC/C=C\CCCCCCCCCC. The highest BCUT2D eigenvalue weighted by Gasteiger charge is 2.19. The molecule has 0 N–H and O–H groups in total. The molecule has 0 fully saturated rings. The Bertz CT molecular complexity index is 1390. The molecule has 0 aromatic rings. The molecule has 0 rings (SSSR count). The number of carbonyl (C=O) groups excluding carboxylic acids is 3. The van der Waals surface area contributed by atoms with Gasteiger partial charge >= 0.3 is 17.9 Å². The van der Waals surface area contributed by atoms with E-state index in [-0.39, 0.29) is 31.1 Å². The topological polar surface area (TPSA) is 78.9 Å². The van der Waals surface area contributed by atoms with Gasteiger partial charge < -0.3 is 14.2 Å². The highest BCUT2D eigenvalue weighted by molar-refractivity contribution is 5.71. The van der Waals surface area contributed by atoms with Gasteiger partial charge in [-0.3, -0.25) is 14.4 Å². The van der Waals surface area contributed by atoms with Gasteiger partial charge in [0.15, 0.2) is 6.10 Å². The molecule has 0 heterocycles. The van der Waals surface area contributed by atoms with Crippen LogP contribution in [-0.4, -0.2) is 37.2 Å². The summed E-state index contributed by atoms with van der Waals surface area (Å²) in [6.07, 6.45) is 82.0. The number of esters is 3. The molecule has 0 aliphatic carbocycles. The van der Waals surface area contributed by atoms with Crippen molar-refractivity contribution in [1.82, 2.24) is 0 Å². The average molecular weight is 1050 g/mol. The molecule has 1 unspecified atom stereocenters. The Morgan fingerprint density at radius 3 is 0.867 bits per heavy atom. The second kappa shape index (κ2) is 63.4. The number of unbranched alkanes of at least 4 members (excludes halogenated alkanes) is 36. The van der Waals surface area contributed by atoms with Crippen molar-refractivity contribution in [3.05, 3.63) is 72.9 Å². The van der Waals surface area contributed by atoms with E-state index in [0.717, 1.165) is 89.9 Å². The second-order valence-corrected chi connectivity index (χ2v) is 21.6. The van der Waals surface area contributed by atoms with Gasteiger partial charge in [0, 0.05) is 19.3 Å². The molecule has 434 valence electrons. The van der Waals surface area contributed by atoms with Gasteiger partial charge in [-0.1, -0.05) is 280 Å². The van der Waals surface area contributed by atoms with E-state index >= 15 is 0 Å². The molecule has 0 saturated carbocycles. The Morgan fingerprint density at radius 2 is 0.533 bits per heavy atom. The van der Waals surface area contributed by atoms with Crippen LogP contribution in [0.3, 0.4) is 0 Å². The largest absolute Gasteiger partial charge is 0.462 e. The van der Waals surface area contributed by atoms with Crippen LogP contribution in [0, 0.1) is 0 Å². The Hall–Kier alpha value is -3.15. The van der Waals surface area contributed by atoms with E-state index in [4.69, 9.17) is 14.2 Å². The van der Waals surface area contributed by atoms with E-state index in [2.05, 4.69) is 93.7 Å². The number of ether oxygens (including phenoxy) is 3. The first-order chi connectivity index (χ1) is 37.0. The van der Waals surface area contributed by atoms with Crippen molar-refractivity contribution in [2.45, 2.75) is 335 Å². The van der Waals surface area contributed by atoms with Gasteiger partial charge in [-0.05, 0) is 103 Å². The van der Waals surface area contributed by atoms with Crippen LogP contribution in [0.25, 0.3) is 0 Å². The molecular weight excluding hydrogens is 925 g/mol. The summed E-state index contributed by atoms with van der Waals surface area (Å²) in [6, 6.07) is 0. The van der Waals surface area contributed by atoms with Crippen LogP contribution >= 0.6 is 0 Å². The molecule has 0 saturated heterocycles. The highest BCUT2D eigenvalue weighted by atomic mass is 16.6. The summed E-state index contributed by atoms with van der Waals surface area (Å²) in [4.78, 5) is 38.3. The van der Waals surface area contributed by atoms with E-state index in [1.807, 2.05) is 0 Å². The molecule has 0 aliphatic rings. The van der Waals surface area contributed by atoms with Crippen LogP contribution in [0.1, 0.15) is 329 Å². The number of allylic oxidation sites excluding steroid dienone is 12. The minimum absolute atomic E-state index is 0.0777. The molecule has 0 amide bonds. The van der Waals surface area contributed by atoms with Gasteiger partial charge in [-0.2, -0.15) is 0 Å². The van der Waals surface area contributed by atoms with E-state index in [0.29, 0.717) is 19.3 Å². The lowest BCUT2D eigenvalue weighted by molar-refractivity contribution is -0.167. The zero-order valence-electron chi connectivity index (χ0n) is 49.8. The smallest absolute Gasteiger partial charge is 0.306 e. The standard InChI is InChI=1S/C69H122O6/c1-4-7-10-13-16-19-22-24-26-28-30-32-33-34-35-37-38-40-42-44-47-50-53-56-59-62-68(71)74-65-66(64-73-67(70)61-58-55-52-49-46-21-18-15-12-9-6-3)75-69(72)63-60-57-54-51-48-45-43-41-39-36-31-29-27-25-23-20-17-14-11-8-5-2/h7,10,15-16,18-19,24,26,29-32,66H,4-6,8-9,11-14,17,20-23,25,27-28,33-65H2,1-3H3/b10-7-,18-15-,19-16-,26-24-,31-29-,32-30-. The van der Waals surface area contributed by atoms with Gasteiger partial charge in [-0.15, -0.1) is 0 Å². The zero-order valence-corrected chi connectivity index (χ0v) is 49.8. The van der Waals surface area contributed by atoms with Gasteiger partial charge in [0.05, 0.1) is 0 Å². The lowest BCUT2D eigenvalue weighted by atomic mass is 10.0. The predicted octanol–water partition coefficient (Wildman–Crippen LogP) is 22.1. The van der Waals surface area contributed by atoms with Crippen LogP contribution in [-0.2, 0) is 28.6 Å². The first-order valence-electron chi connectivity index (χ1n) is 32.4. The molecule has 6 heteroatoms. The maximum Gasteiger partial charge on any atom is 0.306 e. The van der Waals surface area contributed by atoms with Crippen molar-refractivity contribution >= 4 is 17.9 Å². The summed E-state index contributed by atoms with van der Waals surface area (Å²) in [6.45, 7) is 6.52. The second-order valence-electron chi connectivity index (χ2n) is 21.6. The Kier molecular flexibility index (Phi) is 60.7. The summed E-state index contributed by atoms with van der Waals surface area (Å²) in [5, 5.41) is 0. The van der Waals surface area contributed by atoms with Crippen molar-refractivity contribution in [2.24, 2.45) is 0 Å². The first kappa shape index (κ1) is 71.8. The van der Waals surface area contributed by atoms with Gasteiger partial charge in [0.25, 0.3) is 0 Å². The van der Waals surface area contributed by atoms with Crippen LogP contribution < -0.4 is 0 Å². The molecule has 75 heavy (non-hydrogen) atoms. The fourth-order valence-electron chi connectivity index (χ4n) is 9.29. The fraction of sp³-hybridized carbons (Fsp3) is 0.783. The Balaban J connectivity index is 4.25. The first-order valence-corrected chi connectivity index (χ1v) is 32.4. The summed E-state index contributed by atoms with van der Waals surface area (Å²) >= 11 is 0. The van der Waals surface area contributed by atoms with E-state index in [1.54, 1.807) is 0 Å². The molecule has 0 spiro atoms. The van der Waals surface area contributed by atoms with Crippen molar-refractivity contribution < 1.29 is 28.6 Å². The summed E-state index contributed by atoms with van der Waals surface area (Å²) in [5.41, 5.74) is 0. The molecule has 0 radical (unpaired) electrons. The Morgan fingerprint density at radius 1 is 0.280 bits per heavy atom. The lowest BCUT2D eigenvalue weighted by Gasteiger charge is -2.18. The molecular formula is C69H122O6. The average Bonchev–Trinajstić information content (AvgIpc) is 3.41. The molecule has 0 bridgehead atoms. The van der Waals surface area contributed by atoms with Crippen molar-refractivity contribution in [3.63, 3.8) is 0 Å². The van der Waals surface area contributed by atoms with E-state index in [9.17, 15) is 14.4 Å². The maximum atomic E-state index is 12.9. The maximum absolute atomic E-state index is 12.9. The van der Waals surface area contributed by atoms with Gasteiger partial charge in [-0.25, -0.2) is 0 Å². The molecule has 0 aromatic heterocycles. The third-order valence-electron chi connectivity index (χ3n) is 14.2. The normalized spacial score (nSPS) is 12.5. The minimum Gasteiger partial charge on any atom is -0.462 e. The van der Waals surface area contributed by atoms with E-state index in [1.165, 1.54) is 199 Å². The monoisotopic (exact) mass is 1050 g/mol. The molecule has 6 nitrogen and oxygen atoms in total. The summed E-state index contributed by atoms with van der Waals surface area (Å²) < 4.78 is 16.9. The van der Waals surface area contributed by atoms with Gasteiger partial charge in [0.2, 0.25) is 0 Å². The van der Waals surface area contributed by atoms with Crippen LogP contribution in [0.2, 0.25) is 0 Å².